The minimum absolute atomic E-state index is 0.0331. The number of sulfone groups is 1. The van der Waals surface area contributed by atoms with Crippen molar-refractivity contribution in [2.24, 2.45) is 0 Å². The van der Waals surface area contributed by atoms with Crippen LogP contribution < -0.4 is 4.90 Å². The van der Waals surface area contributed by atoms with Gasteiger partial charge in [0.15, 0.2) is 9.84 Å². The van der Waals surface area contributed by atoms with Gasteiger partial charge in [-0.1, -0.05) is 0 Å². The first kappa shape index (κ1) is 20.9. The van der Waals surface area contributed by atoms with E-state index in [1.54, 1.807) is 33.9 Å². The van der Waals surface area contributed by atoms with Gasteiger partial charge in [0.05, 0.1) is 23.0 Å². The van der Waals surface area contributed by atoms with Gasteiger partial charge in [-0.25, -0.2) is 13.2 Å². The highest BCUT2D eigenvalue weighted by molar-refractivity contribution is 7.91. The molecule has 0 unspecified atom stereocenters. The van der Waals surface area contributed by atoms with Crippen LogP contribution in [0.4, 0.5) is 16.2 Å². The van der Waals surface area contributed by atoms with Crippen molar-refractivity contribution < 1.29 is 22.9 Å². The quantitative estimate of drug-likeness (QED) is 0.564. The summed E-state index contributed by atoms with van der Waals surface area (Å²) in [6, 6.07) is 4.41. The number of rotatable bonds is 4. The van der Waals surface area contributed by atoms with Crippen LogP contribution in [-0.4, -0.2) is 61.6 Å². The lowest BCUT2D eigenvalue weighted by atomic mass is 10.1. The van der Waals surface area contributed by atoms with E-state index in [0.29, 0.717) is 24.3 Å². The number of hydrogen-bond donors (Lipinski definition) is 0. The number of nitro benzene ring substituents is 1. The number of carbonyl (C=O) groups is 1. The zero-order valence-electron chi connectivity index (χ0n) is 16.0. The Hall–Kier alpha value is -2.36. The van der Waals surface area contributed by atoms with E-state index in [0.717, 1.165) is 0 Å². The number of non-ortho nitro benzene ring substituents is 1. The topological polar surface area (TPSA) is 110 Å². The molecule has 1 saturated heterocycles. The Balaban J connectivity index is 2.28. The Labute approximate surface area is 159 Å². The van der Waals surface area contributed by atoms with E-state index < -0.39 is 26.5 Å². The highest BCUT2D eigenvalue weighted by Crippen LogP contribution is 2.28. The van der Waals surface area contributed by atoms with E-state index in [1.165, 1.54) is 17.0 Å². The smallest absolute Gasteiger partial charge is 0.410 e. The fourth-order valence-electron chi connectivity index (χ4n) is 2.73. The van der Waals surface area contributed by atoms with Crippen LogP contribution in [0.1, 0.15) is 26.3 Å². The van der Waals surface area contributed by atoms with Gasteiger partial charge in [0.2, 0.25) is 0 Å². The van der Waals surface area contributed by atoms with Crippen LogP contribution in [0.25, 0.3) is 0 Å². The molecule has 1 aliphatic rings. The van der Waals surface area contributed by atoms with Gasteiger partial charge in [-0.15, -0.1) is 0 Å². The predicted molar refractivity (Wildman–Crippen MR) is 102 cm³/mol. The maximum Gasteiger partial charge on any atom is 0.410 e. The summed E-state index contributed by atoms with van der Waals surface area (Å²) in [5.41, 5.74) is 0.511. The van der Waals surface area contributed by atoms with E-state index in [1.807, 2.05) is 4.90 Å². The molecule has 1 heterocycles. The zero-order chi connectivity index (χ0) is 20.4. The van der Waals surface area contributed by atoms with E-state index in [2.05, 4.69) is 0 Å². The lowest BCUT2D eigenvalue weighted by Gasteiger charge is -2.31. The van der Waals surface area contributed by atoms with Crippen LogP contribution >= 0.6 is 0 Å². The summed E-state index contributed by atoms with van der Waals surface area (Å²) in [5, 5.41) is 11.1. The van der Waals surface area contributed by atoms with Gasteiger partial charge in [0, 0.05) is 43.5 Å². The number of hydrogen-bond acceptors (Lipinski definition) is 7. The molecule has 0 aromatic heterocycles. The molecule has 150 valence electrons. The monoisotopic (exact) mass is 399 g/mol. The standard InChI is InChI=1S/C17H25N3O6S/c1-17(2,3)26-16(21)18(4)12-13-11-14(20(22)23)5-6-15(13)19-7-9-27(24,25)10-8-19/h5-6,11H,7-10,12H2,1-4H3. The highest BCUT2D eigenvalue weighted by Gasteiger charge is 2.26. The minimum atomic E-state index is -3.05. The Bertz CT molecular complexity index is 818. The number of nitro groups is 1. The molecule has 2 rings (SSSR count). The third-order valence-electron chi connectivity index (χ3n) is 4.07. The van der Waals surface area contributed by atoms with Crippen LogP contribution in [-0.2, 0) is 21.1 Å². The van der Waals surface area contributed by atoms with Gasteiger partial charge in [-0.3, -0.25) is 10.1 Å². The summed E-state index contributed by atoms with van der Waals surface area (Å²) in [7, 11) is -1.50. The third kappa shape index (κ3) is 5.81. The van der Waals surface area contributed by atoms with Gasteiger partial charge in [-0.2, -0.15) is 0 Å². The molecule has 1 aromatic rings. The number of anilines is 1. The van der Waals surface area contributed by atoms with Crippen molar-refractivity contribution in [3.63, 3.8) is 0 Å². The molecular formula is C17H25N3O6S. The summed E-state index contributed by atoms with van der Waals surface area (Å²) in [6.45, 7) is 5.99. The van der Waals surface area contributed by atoms with Crippen molar-refractivity contribution >= 4 is 27.3 Å². The molecule has 10 heteroatoms. The molecule has 1 aliphatic heterocycles. The number of amides is 1. The van der Waals surface area contributed by atoms with E-state index in [4.69, 9.17) is 4.74 Å². The fourth-order valence-corrected chi connectivity index (χ4v) is 3.94. The molecule has 0 atom stereocenters. The molecule has 9 nitrogen and oxygen atoms in total. The SMILES string of the molecule is CN(Cc1cc([N+](=O)[O-])ccc1N1CCS(=O)(=O)CC1)C(=O)OC(C)(C)C. The lowest BCUT2D eigenvalue weighted by molar-refractivity contribution is -0.384. The van der Waals surface area contributed by atoms with Crippen molar-refractivity contribution in [2.45, 2.75) is 32.9 Å². The van der Waals surface area contributed by atoms with Gasteiger partial charge >= 0.3 is 6.09 Å². The van der Waals surface area contributed by atoms with Crippen molar-refractivity contribution in [3.8, 4) is 0 Å². The second-order valence-corrected chi connectivity index (χ2v) is 9.85. The Morgan fingerprint density at radius 2 is 1.89 bits per heavy atom. The number of ether oxygens (including phenoxy) is 1. The zero-order valence-corrected chi connectivity index (χ0v) is 16.8. The average Bonchev–Trinajstić information content (AvgIpc) is 2.53. The number of benzene rings is 1. The van der Waals surface area contributed by atoms with Crippen molar-refractivity contribution in [3.05, 3.63) is 33.9 Å². The average molecular weight is 399 g/mol. The molecule has 0 bridgehead atoms. The number of carbonyl (C=O) groups excluding carboxylic acids is 1. The van der Waals surface area contributed by atoms with Crippen molar-refractivity contribution in [1.82, 2.24) is 4.90 Å². The third-order valence-corrected chi connectivity index (χ3v) is 5.68. The summed E-state index contributed by atoms with van der Waals surface area (Å²) >= 11 is 0. The van der Waals surface area contributed by atoms with Gasteiger partial charge in [-0.05, 0) is 26.8 Å². The fraction of sp³-hybridized carbons (Fsp3) is 0.588. The molecule has 1 amide bonds. The first-order valence-electron chi connectivity index (χ1n) is 8.55. The molecule has 0 saturated carbocycles. The van der Waals surface area contributed by atoms with E-state index in [-0.39, 0.29) is 23.7 Å². The Morgan fingerprint density at radius 3 is 2.41 bits per heavy atom. The molecular weight excluding hydrogens is 374 g/mol. The second kappa shape index (κ2) is 7.71. The largest absolute Gasteiger partial charge is 0.444 e. The van der Waals surface area contributed by atoms with Crippen LogP contribution in [0.2, 0.25) is 0 Å². The number of nitrogens with zero attached hydrogens (tertiary/aromatic N) is 3. The second-order valence-electron chi connectivity index (χ2n) is 7.55. The molecule has 0 aliphatic carbocycles. The maximum atomic E-state index is 12.2. The predicted octanol–water partition coefficient (Wildman–Crippen LogP) is 2.20. The first-order valence-corrected chi connectivity index (χ1v) is 10.4. The molecule has 0 spiro atoms. The van der Waals surface area contributed by atoms with Gasteiger partial charge in [0.1, 0.15) is 5.60 Å². The molecule has 27 heavy (non-hydrogen) atoms. The van der Waals surface area contributed by atoms with E-state index >= 15 is 0 Å². The van der Waals surface area contributed by atoms with Crippen molar-refractivity contribution in [2.75, 3.05) is 36.5 Å². The lowest BCUT2D eigenvalue weighted by Crippen LogP contribution is -2.41. The summed E-state index contributed by atoms with van der Waals surface area (Å²) in [5.74, 6) is 0.0661. The molecule has 1 aromatic carbocycles. The van der Waals surface area contributed by atoms with Gasteiger partial charge < -0.3 is 14.5 Å². The van der Waals surface area contributed by atoms with Crippen LogP contribution in [0, 0.1) is 10.1 Å². The Morgan fingerprint density at radius 1 is 1.30 bits per heavy atom. The Kier molecular flexibility index (Phi) is 5.98. The van der Waals surface area contributed by atoms with Crippen LogP contribution in [0.5, 0.6) is 0 Å². The summed E-state index contributed by atoms with van der Waals surface area (Å²) < 4.78 is 28.7. The van der Waals surface area contributed by atoms with Crippen LogP contribution in [0.15, 0.2) is 18.2 Å². The normalized spacial score (nSPS) is 16.7. The van der Waals surface area contributed by atoms with Crippen LogP contribution in [0.3, 0.4) is 0 Å². The minimum Gasteiger partial charge on any atom is -0.444 e. The highest BCUT2D eigenvalue weighted by atomic mass is 32.2. The molecule has 0 N–H and O–H groups in total. The molecule has 0 radical (unpaired) electrons. The summed E-state index contributed by atoms with van der Waals surface area (Å²) in [4.78, 5) is 26.1. The van der Waals surface area contributed by atoms with E-state index in [9.17, 15) is 23.3 Å². The molecule has 1 fully saturated rings. The maximum absolute atomic E-state index is 12.2. The van der Waals surface area contributed by atoms with Gasteiger partial charge in [0.25, 0.3) is 5.69 Å². The summed E-state index contributed by atoms with van der Waals surface area (Å²) in [6.07, 6.45) is -0.541. The van der Waals surface area contributed by atoms with Crippen molar-refractivity contribution in [1.29, 1.82) is 0 Å². The first-order chi connectivity index (χ1) is 12.4.